The summed E-state index contributed by atoms with van der Waals surface area (Å²) >= 11 is 1.43. The van der Waals surface area contributed by atoms with Crippen LogP contribution in [0.1, 0.15) is 10.4 Å². The molecule has 0 spiro atoms. The molecule has 0 unspecified atom stereocenters. The van der Waals surface area contributed by atoms with Gasteiger partial charge in [0, 0.05) is 11.8 Å². The van der Waals surface area contributed by atoms with E-state index in [1.165, 1.54) is 11.8 Å². The number of rotatable bonds is 4. The molecule has 1 aromatic heterocycles. The third kappa shape index (κ3) is 3.57. The molecular formula is C14H11NOS. The van der Waals surface area contributed by atoms with E-state index in [-0.39, 0.29) is 5.78 Å². The highest BCUT2D eigenvalue weighted by molar-refractivity contribution is 8.02. The summed E-state index contributed by atoms with van der Waals surface area (Å²) in [5, 5.41) is 2.64. The molecule has 0 radical (unpaired) electrons. The quantitative estimate of drug-likeness (QED) is 0.465. The summed E-state index contributed by atoms with van der Waals surface area (Å²) in [6.07, 6.45) is 3.30. The van der Waals surface area contributed by atoms with Gasteiger partial charge >= 0.3 is 0 Å². The lowest BCUT2D eigenvalue weighted by molar-refractivity contribution is 0.104. The van der Waals surface area contributed by atoms with E-state index in [1.807, 2.05) is 36.4 Å². The van der Waals surface area contributed by atoms with Crippen LogP contribution in [0.2, 0.25) is 0 Å². The van der Waals surface area contributed by atoms with E-state index in [0.717, 1.165) is 5.03 Å². The molecule has 17 heavy (non-hydrogen) atoms. The second-order valence-corrected chi connectivity index (χ2v) is 4.24. The molecule has 84 valence electrons. The van der Waals surface area contributed by atoms with E-state index < -0.39 is 0 Å². The van der Waals surface area contributed by atoms with Gasteiger partial charge in [-0.15, -0.1) is 0 Å². The minimum atomic E-state index is 0.00836. The highest BCUT2D eigenvalue weighted by Crippen LogP contribution is 2.15. The van der Waals surface area contributed by atoms with Crippen molar-refractivity contribution in [2.75, 3.05) is 0 Å². The van der Waals surface area contributed by atoms with Crippen LogP contribution in [0, 0.1) is 0 Å². The minimum Gasteiger partial charge on any atom is -0.289 e. The number of pyridine rings is 1. The maximum absolute atomic E-state index is 11.7. The van der Waals surface area contributed by atoms with Crippen LogP contribution in [0.25, 0.3) is 0 Å². The van der Waals surface area contributed by atoms with E-state index in [0.29, 0.717) is 5.56 Å². The highest BCUT2D eigenvalue weighted by atomic mass is 32.2. The zero-order valence-corrected chi connectivity index (χ0v) is 9.93. The van der Waals surface area contributed by atoms with Crippen molar-refractivity contribution in [3.8, 4) is 0 Å². The first-order valence-electron chi connectivity index (χ1n) is 5.20. The van der Waals surface area contributed by atoms with Crippen molar-refractivity contribution in [3.63, 3.8) is 0 Å². The van der Waals surface area contributed by atoms with Crippen LogP contribution in [0.4, 0.5) is 0 Å². The van der Waals surface area contributed by atoms with Crippen molar-refractivity contribution < 1.29 is 4.79 Å². The number of carbonyl (C=O) groups is 1. The van der Waals surface area contributed by atoms with Gasteiger partial charge in [0.15, 0.2) is 5.78 Å². The van der Waals surface area contributed by atoms with Gasteiger partial charge in [0.25, 0.3) is 0 Å². The second-order valence-electron chi connectivity index (χ2n) is 3.32. The lowest BCUT2D eigenvalue weighted by Crippen LogP contribution is -1.92. The Balaban J connectivity index is 1.96. The molecular weight excluding hydrogens is 230 g/mol. The minimum absolute atomic E-state index is 0.00836. The number of benzene rings is 1. The topological polar surface area (TPSA) is 30.0 Å². The first-order chi connectivity index (χ1) is 8.36. The highest BCUT2D eigenvalue weighted by Gasteiger charge is 1.99. The molecule has 0 fully saturated rings. The summed E-state index contributed by atoms with van der Waals surface area (Å²) in [5.74, 6) is 0.00836. The van der Waals surface area contributed by atoms with Crippen LogP contribution in [0.15, 0.2) is 71.2 Å². The molecule has 0 aliphatic carbocycles. The van der Waals surface area contributed by atoms with Crippen molar-refractivity contribution in [3.05, 3.63) is 71.8 Å². The lowest BCUT2D eigenvalue weighted by Gasteiger charge is -1.94. The third-order valence-corrected chi connectivity index (χ3v) is 2.86. The maximum Gasteiger partial charge on any atom is 0.186 e. The second kappa shape index (κ2) is 6.01. The Morgan fingerprint density at radius 3 is 2.53 bits per heavy atom. The summed E-state index contributed by atoms with van der Waals surface area (Å²) in [6, 6.07) is 14.9. The first kappa shape index (κ1) is 11.6. The summed E-state index contributed by atoms with van der Waals surface area (Å²) in [6.45, 7) is 0. The third-order valence-electron chi connectivity index (χ3n) is 2.10. The van der Waals surface area contributed by atoms with Crippen LogP contribution in [-0.4, -0.2) is 10.8 Å². The molecule has 0 saturated carbocycles. The Labute approximate surface area is 104 Å². The van der Waals surface area contributed by atoms with Crippen LogP contribution >= 0.6 is 11.8 Å². The largest absolute Gasteiger partial charge is 0.289 e. The van der Waals surface area contributed by atoms with Gasteiger partial charge in [-0.25, -0.2) is 4.98 Å². The number of nitrogens with zero attached hydrogens (tertiary/aromatic N) is 1. The SMILES string of the molecule is O=C(/C=C/Sc1ccccn1)c1ccccc1. The summed E-state index contributed by atoms with van der Waals surface area (Å²) in [7, 11) is 0. The summed E-state index contributed by atoms with van der Waals surface area (Å²) < 4.78 is 0. The van der Waals surface area contributed by atoms with Gasteiger partial charge in [0.05, 0.1) is 0 Å². The van der Waals surface area contributed by atoms with Crippen molar-refractivity contribution >= 4 is 17.5 Å². The predicted octanol–water partition coefficient (Wildman–Crippen LogP) is 3.57. The molecule has 1 heterocycles. The molecule has 2 rings (SSSR count). The molecule has 0 amide bonds. The van der Waals surface area contributed by atoms with Crippen molar-refractivity contribution in [2.45, 2.75) is 5.03 Å². The number of thioether (sulfide) groups is 1. The van der Waals surface area contributed by atoms with Crippen molar-refractivity contribution in [2.24, 2.45) is 0 Å². The molecule has 0 bridgehead atoms. The monoisotopic (exact) mass is 241 g/mol. The smallest absolute Gasteiger partial charge is 0.186 e. The Morgan fingerprint density at radius 2 is 1.82 bits per heavy atom. The number of ketones is 1. The number of allylic oxidation sites excluding steroid dienone is 1. The molecule has 2 aromatic rings. The fourth-order valence-electron chi connectivity index (χ4n) is 1.28. The molecule has 0 saturated heterocycles. The summed E-state index contributed by atoms with van der Waals surface area (Å²) in [5.41, 5.74) is 0.699. The van der Waals surface area contributed by atoms with Crippen LogP contribution in [0.3, 0.4) is 0 Å². The Morgan fingerprint density at radius 1 is 1.06 bits per heavy atom. The molecule has 2 nitrogen and oxygen atoms in total. The predicted molar refractivity (Wildman–Crippen MR) is 70.0 cm³/mol. The number of aromatic nitrogens is 1. The van der Waals surface area contributed by atoms with Crippen molar-refractivity contribution in [1.29, 1.82) is 0 Å². The molecule has 1 aromatic carbocycles. The standard InChI is InChI=1S/C14H11NOS/c16-13(12-6-2-1-3-7-12)9-11-17-14-8-4-5-10-15-14/h1-11H/b11-9+. The zero-order valence-electron chi connectivity index (χ0n) is 9.11. The van der Waals surface area contributed by atoms with Crippen molar-refractivity contribution in [1.82, 2.24) is 4.98 Å². The fourth-order valence-corrected chi connectivity index (χ4v) is 1.89. The van der Waals surface area contributed by atoms with Gasteiger partial charge in [-0.2, -0.15) is 0 Å². The Bertz CT molecular complexity index is 508. The van der Waals surface area contributed by atoms with E-state index >= 15 is 0 Å². The number of hydrogen-bond donors (Lipinski definition) is 0. The molecule has 0 aliphatic rings. The number of hydrogen-bond acceptors (Lipinski definition) is 3. The molecule has 0 N–H and O–H groups in total. The average molecular weight is 241 g/mol. The Kier molecular flexibility index (Phi) is 4.11. The van der Waals surface area contributed by atoms with E-state index in [4.69, 9.17) is 0 Å². The fraction of sp³-hybridized carbons (Fsp3) is 0. The average Bonchev–Trinajstić information content (AvgIpc) is 2.41. The van der Waals surface area contributed by atoms with Gasteiger partial charge in [-0.05, 0) is 23.6 Å². The number of carbonyl (C=O) groups excluding carboxylic acids is 1. The first-order valence-corrected chi connectivity index (χ1v) is 6.08. The summed E-state index contributed by atoms with van der Waals surface area (Å²) in [4.78, 5) is 15.9. The van der Waals surface area contributed by atoms with Crippen LogP contribution in [0.5, 0.6) is 0 Å². The molecule has 3 heteroatoms. The van der Waals surface area contributed by atoms with E-state index in [2.05, 4.69) is 4.98 Å². The van der Waals surface area contributed by atoms with Gasteiger partial charge in [0.1, 0.15) is 5.03 Å². The molecule has 0 atom stereocenters. The Hall–Kier alpha value is -1.87. The zero-order chi connectivity index (χ0) is 11.9. The molecule has 0 aliphatic heterocycles. The van der Waals surface area contributed by atoms with E-state index in [1.54, 1.807) is 29.8 Å². The normalized spacial score (nSPS) is 10.6. The van der Waals surface area contributed by atoms with Gasteiger partial charge < -0.3 is 0 Å². The van der Waals surface area contributed by atoms with E-state index in [9.17, 15) is 4.79 Å². The van der Waals surface area contributed by atoms with Crippen LogP contribution in [-0.2, 0) is 0 Å². The van der Waals surface area contributed by atoms with Gasteiger partial charge in [-0.3, -0.25) is 4.79 Å². The maximum atomic E-state index is 11.7. The lowest BCUT2D eigenvalue weighted by atomic mass is 10.1. The van der Waals surface area contributed by atoms with Crippen LogP contribution < -0.4 is 0 Å². The van der Waals surface area contributed by atoms with Gasteiger partial charge in [0.2, 0.25) is 0 Å². The van der Waals surface area contributed by atoms with Gasteiger partial charge in [-0.1, -0.05) is 48.2 Å².